The molecule has 222 valence electrons. The summed E-state index contributed by atoms with van der Waals surface area (Å²) in [6.45, 7) is 2.71. The van der Waals surface area contributed by atoms with Crippen molar-refractivity contribution < 1.29 is 40.7 Å². The minimum Gasteiger partial charge on any atom is -0.391 e. The Balaban J connectivity index is 1.41. The molecule has 1 aliphatic heterocycles. The molecule has 0 unspecified atom stereocenters. The van der Waals surface area contributed by atoms with Gasteiger partial charge in [-0.3, -0.25) is 9.59 Å². The van der Waals surface area contributed by atoms with Crippen molar-refractivity contribution >= 4 is 27.9 Å². The maximum atomic E-state index is 13.5. The van der Waals surface area contributed by atoms with Gasteiger partial charge in [0, 0.05) is 37.5 Å². The molecule has 0 saturated carbocycles. The van der Waals surface area contributed by atoms with E-state index in [9.17, 15) is 40.7 Å². The van der Waals surface area contributed by atoms with Gasteiger partial charge in [0.2, 0.25) is 21.8 Å². The Morgan fingerprint density at radius 1 is 1.12 bits per heavy atom. The topological polar surface area (TPSA) is 116 Å². The van der Waals surface area contributed by atoms with E-state index in [1.165, 1.54) is 0 Å². The fourth-order valence-electron chi connectivity index (χ4n) is 5.03. The van der Waals surface area contributed by atoms with Gasteiger partial charge >= 0.3 is 6.18 Å². The summed E-state index contributed by atoms with van der Waals surface area (Å²) in [5.41, 5.74) is 0.802. The van der Waals surface area contributed by atoms with Crippen LogP contribution in [0.15, 0.2) is 52.9 Å². The Kier molecular flexibility index (Phi) is 8.90. The molecule has 2 aromatic rings. The molecule has 1 heterocycles. The molecule has 2 aromatic carbocycles. The van der Waals surface area contributed by atoms with E-state index in [2.05, 4.69) is 10.6 Å². The number of β-amino-alcohol motifs (C(OH)–C–C–N with tert-alkyl or cyclic N) is 1. The summed E-state index contributed by atoms with van der Waals surface area (Å²) >= 11 is 0. The van der Waals surface area contributed by atoms with Crippen molar-refractivity contribution in [2.24, 2.45) is 11.8 Å². The molecule has 2 amide bonds. The number of halogens is 4. The second-order valence-corrected chi connectivity index (χ2v) is 12.6. The van der Waals surface area contributed by atoms with Crippen LogP contribution in [-0.2, 0) is 32.2 Å². The van der Waals surface area contributed by atoms with Gasteiger partial charge in [-0.2, -0.15) is 17.5 Å². The highest BCUT2D eigenvalue weighted by Gasteiger charge is 2.43. The lowest BCUT2D eigenvalue weighted by Gasteiger charge is -2.22. The van der Waals surface area contributed by atoms with E-state index in [4.69, 9.17) is 0 Å². The number of fused-ring (bicyclic) bond motifs is 1. The molecule has 1 aliphatic carbocycles. The average molecular weight is 598 g/mol. The fraction of sp³-hybridized carbons (Fsp3) is 0.429. The predicted octanol–water partition coefficient (Wildman–Crippen LogP) is 3.11. The smallest absolute Gasteiger partial charge is 0.391 e. The van der Waals surface area contributed by atoms with Crippen LogP contribution in [0.4, 0.5) is 17.6 Å². The first-order chi connectivity index (χ1) is 19.2. The zero-order valence-corrected chi connectivity index (χ0v) is 23.2. The van der Waals surface area contributed by atoms with E-state index in [0.717, 1.165) is 11.1 Å². The summed E-state index contributed by atoms with van der Waals surface area (Å²) in [5.74, 6) is -2.95. The first kappa shape index (κ1) is 30.7. The van der Waals surface area contributed by atoms with Gasteiger partial charge in [0.1, 0.15) is 11.9 Å². The van der Waals surface area contributed by atoms with Gasteiger partial charge in [0.25, 0.3) is 0 Å². The predicted molar refractivity (Wildman–Crippen MR) is 142 cm³/mol. The number of amides is 2. The van der Waals surface area contributed by atoms with Gasteiger partial charge in [0.15, 0.2) is 0 Å². The zero-order valence-electron chi connectivity index (χ0n) is 22.4. The molecule has 1 saturated heterocycles. The highest BCUT2D eigenvalue weighted by Crippen LogP contribution is 2.37. The number of rotatable bonds is 9. The summed E-state index contributed by atoms with van der Waals surface area (Å²) in [6, 6.07) is 7.93. The molecule has 4 rings (SSSR count). The maximum Gasteiger partial charge on any atom is 0.417 e. The molecule has 0 bridgehead atoms. The maximum absolute atomic E-state index is 13.5. The number of aliphatic hydroxyl groups is 1. The van der Waals surface area contributed by atoms with Gasteiger partial charge in [0.05, 0.1) is 16.6 Å². The van der Waals surface area contributed by atoms with E-state index in [-0.39, 0.29) is 31.0 Å². The number of benzene rings is 2. The van der Waals surface area contributed by atoms with Crippen molar-refractivity contribution in [1.82, 2.24) is 14.9 Å². The largest absolute Gasteiger partial charge is 0.417 e. The van der Waals surface area contributed by atoms with Crippen molar-refractivity contribution in [3.05, 3.63) is 70.5 Å². The molecular formula is C28H31F4N3O5S. The van der Waals surface area contributed by atoms with Gasteiger partial charge in [-0.15, -0.1) is 0 Å². The quantitative estimate of drug-likeness (QED) is 0.385. The second kappa shape index (κ2) is 11.9. The molecule has 0 aromatic heterocycles. The minimum atomic E-state index is -5.12. The second-order valence-electron chi connectivity index (χ2n) is 10.7. The number of hydrogen-bond acceptors (Lipinski definition) is 5. The number of nitrogens with zero attached hydrogens (tertiary/aromatic N) is 1. The van der Waals surface area contributed by atoms with Gasteiger partial charge in [-0.25, -0.2) is 12.8 Å². The monoisotopic (exact) mass is 597 g/mol. The number of sulfonamides is 1. The highest BCUT2D eigenvalue weighted by atomic mass is 32.2. The van der Waals surface area contributed by atoms with Crippen LogP contribution in [0, 0.1) is 17.7 Å². The van der Waals surface area contributed by atoms with Crippen molar-refractivity contribution in [3.63, 3.8) is 0 Å². The van der Waals surface area contributed by atoms with E-state index in [1.807, 2.05) is 38.1 Å². The average Bonchev–Trinajstić information content (AvgIpc) is 3.50. The van der Waals surface area contributed by atoms with Crippen molar-refractivity contribution in [3.8, 4) is 0 Å². The van der Waals surface area contributed by atoms with Crippen LogP contribution in [0.3, 0.4) is 0 Å². The normalized spacial score (nSPS) is 20.0. The lowest BCUT2D eigenvalue weighted by Crippen LogP contribution is -2.49. The minimum absolute atomic E-state index is 0.0389. The lowest BCUT2D eigenvalue weighted by molar-refractivity contribution is -0.140. The summed E-state index contributed by atoms with van der Waals surface area (Å²) in [7, 11) is -4.74. The van der Waals surface area contributed by atoms with Crippen LogP contribution in [0.2, 0.25) is 0 Å². The number of alkyl halides is 3. The van der Waals surface area contributed by atoms with Gasteiger partial charge in [-0.1, -0.05) is 38.1 Å². The van der Waals surface area contributed by atoms with E-state index < -0.39 is 63.0 Å². The fourth-order valence-corrected chi connectivity index (χ4v) is 6.74. The van der Waals surface area contributed by atoms with Crippen molar-refractivity contribution in [2.45, 2.75) is 49.9 Å². The summed E-state index contributed by atoms with van der Waals surface area (Å²) in [5, 5.41) is 15.9. The molecule has 2 aliphatic rings. The van der Waals surface area contributed by atoms with E-state index in [0.29, 0.717) is 34.9 Å². The highest BCUT2D eigenvalue weighted by molar-refractivity contribution is 7.89. The lowest BCUT2D eigenvalue weighted by atomic mass is 10.0. The van der Waals surface area contributed by atoms with E-state index >= 15 is 0 Å². The first-order valence-corrected chi connectivity index (χ1v) is 14.5. The molecular weight excluding hydrogens is 566 g/mol. The van der Waals surface area contributed by atoms with Crippen LogP contribution in [0.1, 0.15) is 37.0 Å². The zero-order chi connectivity index (χ0) is 30.1. The third-order valence-electron chi connectivity index (χ3n) is 7.16. The standard InChI is InChI=1S/C28H31F4N3O5S/c1-16(2)9-23(34-26(37)19-10-17-5-3-4-6-18(17)11-19)27(38)33-13-20-14-35(15-24(20)36)41(39,40)25-8-7-21(29)12-22(25)28(30,31)32/h3-8,10,12,16,20,23-24,36H,9,11,13-15H2,1-2H3,(H,33,38)(H,34,37)/t20-,23-,24+/m0/s1. The number of hydrogen-bond donors (Lipinski definition) is 3. The number of carbonyl (C=O) groups excluding carboxylic acids is 2. The van der Waals surface area contributed by atoms with Crippen LogP contribution >= 0.6 is 0 Å². The molecule has 3 N–H and O–H groups in total. The molecule has 1 fully saturated rings. The Morgan fingerprint density at radius 2 is 1.83 bits per heavy atom. The number of carbonyl (C=O) groups is 2. The van der Waals surface area contributed by atoms with Crippen LogP contribution in [0.5, 0.6) is 0 Å². The molecule has 0 radical (unpaired) electrons. The number of aliphatic hydroxyl groups excluding tert-OH is 1. The molecule has 13 heteroatoms. The van der Waals surface area contributed by atoms with Crippen LogP contribution in [-0.4, -0.2) is 61.4 Å². The Morgan fingerprint density at radius 3 is 2.49 bits per heavy atom. The number of nitrogens with one attached hydrogen (secondary N) is 2. The van der Waals surface area contributed by atoms with Gasteiger partial charge in [-0.05, 0) is 47.7 Å². The van der Waals surface area contributed by atoms with Crippen molar-refractivity contribution in [1.29, 1.82) is 0 Å². The Labute approximate surface area is 235 Å². The summed E-state index contributed by atoms with van der Waals surface area (Å²) in [6.07, 6.45) is -3.88. The Bertz CT molecular complexity index is 1460. The summed E-state index contributed by atoms with van der Waals surface area (Å²) in [4.78, 5) is 24.9. The van der Waals surface area contributed by atoms with Crippen LogP contribution in [0.25, 0.3) is 6.08 Å². The van der Waals surface area contributed by atoms with Crippen LogP contribution < -0.4 is 10.6 Å². The third kappa shape index (κ3) is 6.96. The Hall–Kier alpha value is -3.29. The molecule has 3 atom stereocenters. The van der Waals surface area contributed by atoms with E-state index in [1.54, 1.807) is 6.08 Å². The molecule has 0 spiro atoms. The van der Waals surface area contributed by atoms with Gasteiger partial charge < -0.3 is 15.7 Å². The van der Waals surface area contributed by atoms with Crippen molar-refractivity contribution in [2.75, 3.05) is 19.6 Å². The summed E-state index contributed by atoms with van der Waals surface area (Å²) < 4.78 is 80.7. The SMILES string of the molecule is CC(C)C[C@H](NC(=O)C1=Cc2ccccc2C1)C(=O)NC[C@H]1CN(S(=O)(=O)c2ccc(F)cc2C(F)(F)F)C[C@H]1O. The molecule has 8 nitrogen and oxygen atoms in total. The first-order valence-electron chi connectivity index (χ1n) is 13.1. The third-order valence-corrected chi connectivity index (χ3v) is 9.05. The molecule has 41 heavy (non-hydrogen) atoms.